The summed E-state index contributed by atoms with van der Waals surface area (Å²) in [5.74, 6) is 1.47. The third-order valence-electron chi connectivity index (χ3n) is 6.90. The summed E-state index contributed by atoms with van der Waals surface area (Å²) in [4.78, 5) is 12.5. The van der Waals surface area contributed by atoms with E-state index in [9.17, 15) is 9.90 Å². The molecule has 0 atom stereocenters. The van der Waals surface area contributed by atoms with Crippen LogP contribution in [-0.2, 0) is 29.0 Å². The predicted octanol–water partition coefficient (Wildman–Crippen LogP) is 5.82. The van der Waals surface area contributed by atoms with Crippen molar-refractivity contribution in [2.45, 2.75) is 70.9 Å². The summed E-state index contributed by atoms with van der Waals surface area (Å²) in [6.07, 6.45) is 11.3. The van der Waals surface area contributed by atoms with Crippen LogP contribution in [0.5, 0.6) is 5.75 Å². The number of imidazole rings is 1. The summed E-state index contributed by atoms with van der Waals surface area (Å²) in [7, 11) is 0. The summed E-state index contributed by atoms with van der Waals surface area (Å²) in [5.41, 5.74) is 2.88. The van der Waals surface area contributed by atoms with Crippen LogP contribution in [0.2, 0.25) is 0 Å². The number of phenols is 1. The predicted molar refractivity (Wildman–Crippen MR) is 136 cm³/mol. The lowest BCUT2D eigenvalue weighted by molar-refractivity contribution is -0.694. The quantitative estimate of drug-likeness (QED) is 0.229. The van der Waals surface area contributed by atoms with Gasteiger partial charge in [0.05, 0.1) is 6.42 Å². The van der Waals surface area contributed by atoms with Crippen molar-refractivity contribution in [1.29, 1.82) is 0 Å². The number of ether oxygens (including phenoxy) is 1. The Morgan fingerprint density at radius 2 is 1.85 bits per heavy atom. The van der Waals surface area contributed by atoms with Crippen LogP contribution in [0.3, 0.4) is 0 Å². The van der Waals surface area contributed by atoms with E-state index in [1.807, 2.05) is 36.5 Å². The van der Waals surface area contributed by atoms with E-state index in [2.05, 4.69) is 50.3 Å². The number of halogens is 1. The first-order valence-corrected chi connectivity index (χ1v) is 13.1. The van der Waals surface area contributed by atoms with Crippen LogP contribution in [0.4, 0.5) is 0 Å². The fraction of sp³-hybridized carbons (Fsp3) is 0.429. The molecule has 1 fully saturated rings. The van der Waals surface area contributed by atoms with Crippen LogP contribution in [0.15, 0.2) is 59.3 Å². The Labute approximate surface area is 210 Å². The number of hydrogen-bond acceptors (Lipinski definition) is 3. The number of aromatic nitrogens is 2. The minimum atomic E-state index is -0.305. The topological polar surface area (TPSA) is 55.3 Å². The van der Waals surface area contributed by atoms with Gasteiger partial charge in [-0.15, -0.1) is 0 Å². The Hall–Kier alpha value is -2.60. The number of esters is 1. The zero-order valence-electron chi connectivity index (χ0n) is 19.9. The van der Waals surface area contributed by atoms with Gasteiger partial charge in [-0.25, -0.2) is 9.13 Å². The van der Waals surface area contributed by atoms with Gasteiger partial charge in [-0.2, -0.15) is 0 Å². The van der Waals surface area contributed by atoms with Crippen molar-refractivity contribution >= 4 is 21.9 Å². The highest BCUT2D eigenvalue weighted by Gasteiger charge is 2.20. The molecule has 1 saturated carbocycles. The van der Waals surface area contributed by atoms with E-state index in [1.54, 1.807) is 0 Å². The zero-order valence-corrected chi connectivity index (χ0v) is 21.5. The van der Waals surface area contributed by atoms with Gasteiger partial charge in [0, 0.05) is 17.0 Å². The molecule has 34 heavy (non-hydrogen) atoms. The number of nitrogens with zero attached hydrogens (tertiary/aromatic N) is 2. The van der Waals surface area contributed by atoms with Crippen molar-refractivity contribution < 1.29 is 19.2 Å². The third kappa shape index (κ3) is 6.29. The molecule has 1 aromatic heterocycles. The molecule has 0 aliphatic heterocycles. The smallest absolute Gasteiger partial charge is 0.310 e. The summed E-state index contributed by atoms with van der Waals surface area (Å²) in [6.45, 7) is 3.76. The van der Waals surface area contributed by atoms with Crippen LogP contribution in [0.1, 0.15) is 67.0 Å². The van der Waals surface area contributed by atoms with E-state index < -0.39 is 0 Å². The summed E-state index contributed by atoms with van der Waals surface area (Å²) < 4.78 is 10.9. The van der Waals surface area contributed by atoms with Gasteiger partial charge in [-0.05, 0) is 42.0 Å². The minimum Gasteiger partial charge on any atom is -0.507 e. The normalized spacial score (nSPS) is 14.6. The molecule has 180 valence electrons. The molecule has 0 bridgehead atoms. The SMILES string of the molecule is Cc1n(CCOC(=O)Cc2cccc(C3CCCCCC3)c2O)cc[n+]1Cc1ccc(Br)cc1. The standard InChI is InChI=1S/C28H33BrN2O3/c1-21-30(15-16-31(21)20-22-11-13-25(29)14-12-22)17-18-34-27(32)19-24-9-6-10-26(28(24)33)23-7-4-2-3-5-8-23/h6,9-16,23H,2-5,7-8,17-20H2,1H3/p+1. The molecule has 4 rings (SSSR count). The van der Waals surface area contributed by atoms with E-state index in [-0.39, 0.29) is 18.1 Å². The molecule has 2 aromatic carbocycles. The van der Waals surface area contributed by atoms with Gasteiger partial charge in [0.25, 0.3) is 5.82 Å². The van der Waals surface area contributed by atoms with Gasteiger partial charge < -0.3 is 9.84 Å². The van der Waals surface area contributed by atoms with Gasteiger partial charge in [-0.3, -0.25) is 4.79 Å². The zero-order chi connectivity index (χ0) is 23.9. The van der Waals surface area contributed by atoms with Gasteiger partial charge >= 0.3 is 5.97 Å². The molecule has 0 spiro atoms. The largest absolute Gasteiger partial charge is 0.507 e. The van der Waals surface area contributed by atoms with Crippen molar-refractivity contribution in [2.75, 3.05) is 6.61 Å². The lowest BCUT2D eigenvalue weighted by Gasteiger charge is -2.18. The van der Waals surface area contributed by atoms with Crippen LogP contribution < -0.4 is 4.57 Å². The maximum Gasteiger partial charge on any atom is 0.310 e. The molecule has 1 aliphatic rings. The molecule has 0 saturated heterocycles. The number of para-hydroxylation sites is 1. The lowest BCUT2D eigenvalue weighted by atomic mass is 9.89. The Morgan fingerprint density at radius 3 is 2.59 bits per heavy atom. The van der Waals surface area contributed by atoms with Crippen LogP contribution in [0, 0.1) is 6.92 Å². The second-order valence-corrected chi connectivity index (χ2v) is 10.1. The molecular formula is C28H34BrN2O3+. The Bertz CT molecular complexity index is 1100. The first kappa shape index (κ1) is 24.5. The highest BCUT2D eigenvalue weighted by molar-refractivity contribution is 9.10. The monoisotopic (exact) mass is 525 g/mol. The molecule has 0 radical (unpaired) electrons. The summed E-state index contributed by atoms with van der Waals surface area (Å²) in [5, 5.41) is 10.8. The molecular weight excluding hydrogens is 492 g/mol. The van der Waals surface area contributed by atoms with E-state index in [1.165, 1.54) is 31.2 Å². The fourth-order valence-electron chi connectivity index (χ4n) is 4.87. The van der Waals surface area contributed by atoms with Gasteiger partial charge in [0.1, 0.15) is 37.8 Å². The molecule has 1 N–H and O–H groups in total. The second kappa shape index (κ2) is 11.7. The number of carbonyl (C=O) groups excluding carboxylic acids is 1. The molecule has 3 aromatic rings. The molecule has 6 heteroatoms. The van der Waals surface area contributed by atoms with Crippen molar-refractivity contribution in [1.82, 2.24) is 4.57 Å². The Balaban J connectivity index is 1.30. The third-order valence-corrected chi connectivity index (χ3v) is 7.43. The number of phenolic OH excluding ortho intramolecular Hbond substituents is 1. The number of hydrogen-bond donors (Lipinski definition) is 1. The molecule has 1 heterocycles. The summed E-state index contributed by atoms with van der Waals surface area (Å²) in [6, 6.07) is 14.1. The molecule has 5 nitrogen and oxygen atoms in total. The van der Waals surface area contributed by atoms with Gasteiger partial charge in [0.15, 0.2) is 0 Å². The summed E-state index contributed by atoms with van der Waals surface area (Å²) >= 11 is 3.47. The lowest BCUT2D eigenvalue weighted by Crippen LogP contribution is -2.36. The highest BCUT2D eigenvalue weighted by atomic mass is 79.9. The van der Waals surface area contributed by atoms with Crippen LogP contribution in [-0.4, -0.2) is 22.2 Å². The second-order valence-electron chi connectivity index (χ2n) is 9.23. The average molecular weight is 526 g/mol. The maximum absolute atomic E-state index is 12.5. The molecule has 1 aliphatic carbocycles. The van der Waals surface area contributed by atoms with Crippen molar-refractivity contribution in [3.05, 3.63) is 81.8 Å². The van der Waals surface area contributed by atoms with Crippen molar-refractivity contribution in [3.63, 3.8) is 0 Å². The Morgan fingerprint density at radius 1 is 1.12 bits per heavy atom. The molecule has 0 amide bonds. The van der Waals surface area contributed by atoms with Crippen LogP contribution >= 0.6 is 15.9 Å². The van der Waals surface area contributed by atoms with E-state index in [0.717, 1.165) is 35.2 Å². The van der Waals surface area contributed by atoms with E-state index >= 15 is 0 Å². The van der Waals surface area contributed by atoms with Crippen molar-refractivity contribution in [2.24, 2.45) is 0 Å². The van der Waals surface area contributed by atoms with Gasteiger partial charge in [0.2, 0.25) is 0 Å². The first-order valence-electron chi connectivity index (χ1n) is 12.3. The highest BCUT2D eigenvalue weighted by Crippen LogP contribution is 2.37. The minimum absolute atomic E-state index is 0.0978. The number of carbonyl (C=O) groups is 1. The van der Waals surface area contributed by atoms with E-state index in [4.69, 9.17) is 4.74 Å². The van der Waals surface area contributed by atoms with Crippen LogP contribution in [0.25, 0.3) is 0 Å². The van der Waals surface area contributed by atoms with E-state index in [0.29, 0.717) is 24.6 Å². The fourth-order valence-corrected chi connectivity index (χ4v) is 5.13. The maximum atomic E-state index is 12.5. The Kier molecular flexibility index (Phi) is 8.44. The number of aromatic hydroxyl groups is 1. The van der Waals surface area contributed by atoms with Gasteiger partial charge in [-0.1, -0.05) is 71.9 Å². The first-order chi connectivity index (χ1) is 16.5. The number of rotatable bonds is 8. The molecule has 0 unspecified atom stereocenters. The average Bonchev–Trinajstić information content (AvgIpc) is 3.02. The van der Waals surface area contributed by atoms with Crippen molar-refractivity contribution in [3.8, 4) is 5.75 Å². The number of benzene rings is 2.